The summed E-state index contributed by atoms with van der Waals surface area (Å²) in [6.45, 7) is 0. The van der Waals surface area contributed by atoms with Crippen LogP contribution in [-0.2, 0) is 10.0 Å². The average Bonchev–Trinajstić information content (AvgIpc) is 2.46. The highest BCUT2D eigenvalue weighted by Crippen LogP contribution is 2.20. The molecule has 0 aliphatic carbocycles. The summed E-state index contributed by atoms with van der Waals surface area (Å²) in [5.74, 6) is -0.684. The highest BCUT2D eigenvalue weighted by molar-refractivity contribution is 7.89. The summed E-state index contributed by atoms with van der Waals surface area (Å²) in [4.78, 5) is 13.9. The van der Waals surface area contributed by atoms with E-state index in [1.165, 1.54) is 30.3 Å². The van der Waals surface area contributed by atoms with Crippen molar-refractivity contribution in [1.82, 2.24) is 10.3 Å². The van der Waals surface area contributed by atoms with Crippen LogP contribution in [0.2, 0.25) is 10.0 Å². The largest absolute Gasteiger partial charge is 0.273 e. The van der Waals surface area contributed by atoms with Crippen LogP contribution in [0.5, 0.6) is 0 Å². The van der Waals surface area contributed by atoms with Gasteiger partial charge in [-0.25, -0.2) is 8.42 Å². The molecule has 110 valence electrons. The Bertz CT molecular complexity index is 764. The molecule has 0 unspecified atom stereocenters. The molecule has 1 amide bonds. The van der Waals surface area contributed by atoms with Gasteiger partial charge >= 0.3 is 0 Å². The van der Waals surface area contributed by atoms with Gasteiger partial charge in [0.25, 0.3) is 15.9 Å². The van der Waals surface area contributed by atoms with Gasteiger partial charge in [-0.2, -0.15) is 0 Å². The molecular formula is C13H10Cl2N2O3S. The van der Waals surface area contributed by atoms with Crippen molar-refractivity contribution in [3.05, 3.63) is 64.1 Å². The molecule has 21 heavy (non-hydrogen) atoms. The van der Waals surface area contributed by atoms with Crippen molar-refractivity contribution in [2.24, 2.45) is 0 Å². The first kappa shape index (κ1) is 15.8. The number of carbonyl (C=O) groups excluding carboxylic acids is 1. The first-order valence-corrected chi connectivity index (χ1v) is 7.96. The van der Waals surface area contributed by atoms with E-state index >= 15 is 0 Å². The van der Waals surface area contributed by atoms with E-state index in [1.807, 2.05) is 4.83 Å². The third-order valence-electron chi connectivity index (χ3n) is 2.53. The smallest absolute Gasteiger partial charge is 0.267 e. The molecule has 0 bridgehead atoms. The van der Waals surface area contributed by atoms with E-state index in [9.17, 15) is 13.2 Å². The maximum atomic E-state index is 11.9. The molecular weight excluding hydrogens is 335 g/mol. The Labute approximate surface area is 131 Å². The van der Waals surface area contributed by atoms with Crippen molar-refractivity contribution in [2.45, 2.75) is 4.90 Å². The summed E-state index contributed by atoms with van der Waals surface area (Å²) >= 11 is 11.6. The molecule has 0 saturated carbocycles. The summed E-state index contributed by atoms with van der Waals surface area (Å²) in [6.07, 6.45) is 0. The summed E-state index contributed by atoms with van der Waals surface area (Å²) in [5.41, 5.74) is 2.20. The number of halogens is 2. The Kier molecular flexibility index (Phi) is 4.84. The van der Waals surface area contributed by atoms with E-state index in [4.69, 9.17) is 23.2 Å². The molecule has 0 atom stereocenters. The monoisotopic (exact) mass is 344 g/mol. The second-order valence-corrected chi connectivity index (χ2v) is 6.52. The van der Waals surface area contributed by atoms with E-state index in [0.717, 1.165) is 0 Å². The van der Waals surface area contributed by atoms with Gasteiger partial charge in [-0.1, -0.05) is 41.4 Å². The molecule has 2 aromatic rings. The Morgan fingerprint density at radius 2 is 1.67 bits per heavy atom. The summed E-state index contributed by atoms with van der Waals surface area (Å²) < 4.78 is 23.9. The SMILES string of the molecule is O=C(NNS(=O)(=O)c1ccccc1)c1ccc(Cl)cc1Cl. The van der Waals surface area contributed by atoms with Gasteiger partial charge in [-0.3, -0.25) is 10.2 Å². The number of hydrogen-bond donors (Lipinski definition) is 2. The number of hydrazine groups is 1. The highest BCUT2D eigenvalue weighted by atomic mass is 35.5. The maximum absolute atomic E-state index is 11.9. The van der Waals surface area contributed by atoms with Crippen LogP contribution < -0.4 is 10.3 Å². The van der Waals surface area contributed by atoms with Crippen molar-refractivity contribution >= 4 is 39.1 Å². The van der Waals surface area contributed by atoms with Crippen LogP contribution in [0.1, 0.15) is 10.4 Å². The molecule has 0 aliphatic rings. The van der Waals surface area contributed by atoms with Gasteiger partial charge in [-0.15, -0.1) is 4.83 Å². The predicted octanol–water partition coefficient (Wildman–Crippen LogP) is 2.62. The van der Waals surface area contributed by atoms with Gasteiger partial charge in [0.1, 0.15) is 0 Å². The fourth-order valence-electron chi connectivity index (χ4n) is 1.51. The van der Waals surface area contributed by atoms with Crippen molar-refractivity contribution in [3.63, 3.8) is 0 Å². The number of amides is 1. The summed E-state index contributed by atoms with van der Waals surface area (Å²) in [5, 5.41) is 0.500. The van der Waals surface area contributed by atoms with Gasteiger partial charge in [0.15, 0.2) is 0 Å². The molecule has 2 rings (SSSR count). The number of rotatable bonds is 4. The lowest BCUT2D eigenvalue weighted by molar-refractivity contribution is 0.0945. The van der Waals surface area contributed by atoms with Crippen LogP contribution in [0, 0.1) is 0 Å². The zero-order valence-corrected chi connectivity index (χ0v) is 12.8. The van der Waals surface area contributed by atoms with Gasteiger partial charge in [-0.05, 0) is 30.3 Å². The Morgan fingerprint density at radius 1 is 1.00 bits per heavy atom. The van der Waals surface area contributed by atoms with Crippen molar-refractivity contribution in [1.29, 1.82) is 0 Å². The number of benzene rings is 2. The first-order chi connectivity index (χ1) is 9.90. The average molecular weight is 345 g/mol. The molecule has 0 radical (unpaired) electrons. The Morgan fingerprint density at radius 3 is 2.29 bits per heavy atom. The standard InChI is InChI=1S/C13H10Cl2N2O3S/c14-9-6-7-11(12(15)8-9)13(18)16-17-21(19,20)10-4-2-1-3-5-10/h1-8,17H,(H,16,18). The van der Waals surface area contributed by atoms with Crippen LogP contribution in [-0.4, -0.2) is 14.3 Å². The van der Waals surface area contributed by atoms with Crippen LogP contribution in [0.15, 0.2) is 53.4 Å². The minimum Gasteiger partial charge on any atom is -0.273 e. The van der Waals surface area contributed by atoms with Crippen LogP contribution in [0.25, 0.3) is 0 Å². The summed E-state index contributed by atoms with van der Waals surface area (Å²) in [6, 6.07) is 11.9. The fourth-order valence-corrected chi connectivity index (χ4v) is 2.87. The number of hydrogen-bond acceptors (Lipinski definition) is 3. The second-order valence-electron chi connectivity index (χ2n) is 4.00. The third-order valence-corrected chi connectivity index (χ3v) is 4.34. The minimum absolute atomic E-state index is 0.0347. The first-order valence-electron chi connectivity index (χ1n) is 5.72. The summed E-state index contributed by atoms with van der Waals surface area (Å²) in [7, 11) is -3.84. The van der Waals surface area contributed by atoms with Crippen LogP contribution in [0.3, 0.4) is 0 Å². The lowest BCUT2D eigenvalue weighted by Crippen LogP contribution is -2.41. The molecule has 0 fully saturated rings. The van der Waals surface area contributed by atoms with E-state index in [-0.39, 0.29) is 15.5 Å². The van der Waals surface area contributed by atoms with E-state index in [0.29, 0.717) is 5.02 Å². The van der Waals surface area contributed by atoms with Gasteiger partial charge in [0.2, 0.25) is 0 Å². The third kappa shape index (κ3) is 3.95. The molecule has 2 N–H and O–H groups in total. The van der Waals surface area contributed by atoms with Crippen molar-refractivity contribution < 1.29 is 13.2 Å². The van der Waals surface area contributed by atoms with Gasteiger partial charge < -0.3 is 0 Å². The van der Waals surface area contributed by atoms with E-state index < -0.39 is 15.9 Å². The molecule has 5 nitrogen and oxygen atoms in total. The molecule has 0 aromatic heterocycles. The van der Waals surface area contributed by atoms with Crippen molar-refractivity contribution in [3.8, 4) is 0 Å². The highest BCUT2D eigenvalue weighted by Gasteiger charge is 2.16. The molecule has 2 aromatic carbocycles. The minimum atomic E-state index is -3.84. The molecule has 8 heteroatoms. The van der Waals surface area contributed by atoms with Gasteiger partial charge in [0.05, 0.1) is 15.5 Å². The lowest BCUT2D eigenvalue weighted by Gasteiger charge is -2.09. The normalized spacial score (nSPS) is 11.1. The Balaban J connectivity index is 2.11. The quantitative estimate of drug-likeness (QED) is 0.837. The predicted molar refractivity (Wildman–Crippen MR) is 80.7 cm³/mol. The number of carbonyl (C=O) groups is 1. The Hall–Kier alpha value is -1.60. The number of nitrogens with one attached hydrogen (secondary N) is 2. The van der Waals surface area contributed by atoms with Crippen molar-refractivity contribution in [2.75, 3.05) is 0 Å². The zero-order chi connectivity index (χ0) is 15.5. The second kappa shape index (κ2) is 6.44. The molecule has 0 spiro atoms. The molecule has 0 heterocycles. The lowest BCUT2D eigenvalue weighted by atomic mass is 10.2. The maximum Gasteiger partial charge on any atom is 0.267 e. The van der Waals surface area contributed by atoms with Gasteiger partial charge in [0, 0.05) is 5.02 Å². The van der Waals surface area contributed by atoms with Crippen LogP contribution in [0.4, 0.5) is 0 Å². The van der Waals surface area contributed by atoms with Crippen LogP contribution >= 0.6 is 23.2 Å². The molecule has 0 saturated heterocycles. The van der Waals surface area contributed by atoms with E-state index in [1.54, 1.807) is 18.2 Å². The van der Waals surface area contributed by atoms with E-state index in [2.05, 4.69) is 5.43 Å². The topological polar surface area (TPSA) is 75.3 Å². The zero-order valence-electron chi connectivity index (χ0n) is 10.5. The number of sulfonamides is 1. The molecule has 0 aliphatic heterocycles. The fraction of sp³-hybridized carbons (Fsp3) is 0.